The maximum Gasteiger partial charge on any atom is 0.296 e. The molecule has 50 valence electrons. The molecule has 0 radical (unpaired) electrons. The number of rotatable bonds is 1. The largest absolute Gasteiger partial charge is 0.296 e. The minimum atomic E-state index is -4.01. The van der Waals surface area contributed by atoms with Crippen LogP contribution in [0.3, 0.4) is 0 Å². The zero-order chi connectivity index (χ0) is 6.91. The molecule has 1 aromatic heterocycles. The van der Waals surface area contributed by atoms with Crippen LogP contribution in [0.5, 0.6) is 0 Å². The Balaban J connectivity index is 3.20. The Morgan fingerprint density at radius 3 is 2.56 bits per heavy atom. The lowest BCUT2D eigenvalue weighted by Crippen LogP contribution is -1.94. The van der Waals surface area contributed by atoms with E-state index in [1.165, 1.54) is 5.38 Å². The molecule has 0 saturated heterocycles. The fraction of sp³-hybridized carbons (Fsp3) is 0. The van der Waals surface area contributed by atoms with Crippen molar-refractivity contribution in [2.24, 2.45) is 0 Å². The van der Waals surface area contributed by atoms with E-state index in [1.54, 1.807) is 0 Å². The highest BCUT2D eigenvalue weighted by atomic mass is 32.2. The molecular formula is C3H3NO3S2. The first kappa shape index (κ1) is 6.66. The summed E-state index contributed by atoms with van der Waals surface area (Å²) in [6, 6.07) is 0. The molecule has 6 heteroatoms. The smallest absolute Gasteiger partial charge is 0.282 e. The van der Waals surface area contributed by atoms with E-state index >= 15 is 0 Å². The second-order valence-corrected chi connectivity index (χ2v) is 3.41. The molecule has 0 aliphatic rings. The molecule has 0 fully saturated rings. The van der Waals surface area contributed by atoms with Crippen LogP contribution in [0, 0.1) is 0 Å². The van der Waals surface area contributed by atoms with E-state index in [2.05, 4.69) is 4.37 Å². The molecule has 0 aliphatic heterocycles. The van der Waals surface area contributed by atoms with Crippen LogP contribution in [0.2, 0.25) is 0 Å². The summed E-state index contributed by atoms with van der Waals surface area (Å²) in [5.74, 6) is 0. The second kappa shape index (κ2) is 2.05. The van der Waals surface area contributed by atoms with Crippen molar-refractivity contribution in [3.05, 3.63) is 11.6 Å². The molecule has 1 N–H and O–H groups in total. The van der Waals surface area contributed by atoms with Gasteiger partial charge in [0.1, 0.15) is 4.90 Å². The Morgan fingerprint density at radius 1 is 1.67 bits per heavy atom. The fourth-order valence-corrected chi connectivity index (χ4v) is 1.59. The lowest BCUT2D eigenvalue weighted by molar-refractivity contribution is 0.483. The van der Waals surface area contributed by atoms with Crippen LogP contribution in [0.25, 0.3) is 0 Å². The van der Waals surface area contributed by atoms with E-state index in [4.69, 9.17) is 4.55 Å². The highest BCUT2D eigenvalue weighted by molar-refractivity contribution is 7.86. The van der Waals surface area contributed by atoms with Crippen molar-refractivity contribution in [1.82, 2.24) is 4.37 Å². The van der Waals surface area contributed by atoms with Gasteiger partial charge in [0.25, 0.3) is 10.1 Å². The third kappa shape index (κ3) is 1.47. The van der Waals surface area contributed by atoms with E-state index in [0.717, 1.165) is 17.7 Å². The van der Waals surface area contributed by atoms with Crippen LogP contribution in [0.1, 0.15) is 0 Å². The molecule has 0 atom stereocenters. The van der Waals surface area contributed by atoms with Gasteiger partial charge in [-0.05, 0) is 11.5 Å². The zero-order valence-electron chi connectivity index (χ0n) is 4.18. The summed E-state index contributed by atoms with van der Waals surface area (Å²) in [6.07, 6.45) is 1.10. The Hall–Kier alpha value is -0.460. The van der Waals surface area contributed by atoms with E-state index in [9.17, 15) is 8.42 Å². The summed E-state index contributed by atoms with van der Waals surface area (Å²) in [6.45, 7) is 0. The first-order valence-electron chi connectivity index (χ1n) is 1.97. The Kier molecular flexibility index (Phi) is 1.52. The molecule has 0 aliphatic carbocycles. The Bertz CT molecular complexity index is 274. The van der Waals surface area contributed by atoms with Crippen molar-refractivity contribution in [1.29, 1.82) is 0 Å². The van der Waals surface area contributed by atoms with Crippen molar-refractivity contribution >= 4 is 21.7 Å². The number of hydrogen-bond donors (Lipinski definition) is 1. The summed E-state index contributed by atoms with van der Waals surface area (Å²) < 4.78 is 32.2. The molecule has 0 spiro atoms. The maximum absolute atomic E-state index is 10.2. The molecule has 1 aromatic rings. The number of hydrogen-bond acceptors (Lipinski definition) is 4. The molecular weight excluding hydrogens is 162 g/mol. The van der Waals surface area contributed by atoms with Crippen LogP contribution in [0.4, 0.5) is 0 Å². The van der Waals surface area contributed by atoms with Crippen molar-refractivity contribution in [2.45, 2.75) is 4.90 Å². The van der Waals surface area contributed by atoms with Gasteiger partial charge in [0.05, 0.1) is 6.20 Å². The second-order valence-electron chi connectivity index (χ2n) is 1.34. The minimum Gasteiger partial charge on any atom is -0.282 e. The Morgan fingerprint density at radius 2 is 2.33 bits per heavy atom. The van der Waals surface area contributed by atoms with Crippen molar-refractivity contribution in [3.8, 4) is 0 Å². The quantitative estimate of drug-likeness (QED) is 0.611. The van der Waals surface area contributed by atoms with E-state index in [0.29, 0.717) is 0 Å². The molecule has 0 amide bonds. The van der Waals surface area contributed by atoms with Gasteiger partial charge in [-0.25, -0.2) is 0 Å². The minimum absolute atomic E-state index is 0.146. The summed E-state index contributed by atoms with van der Waals surface area (Å²) >= 11 is 0.977. The van der Waals surface area contributed by atoms with E-state index in [1.807, 2.05) is 0 Å². The van der Waals surface area contributed by atoms with Crippen LogP contribution in [-0.4, -0.2) is 17.3 Å². The molecule has 9 heavy (non-hydrogen) atoms. The van der Waals surface area contributed by atoms with Gasteiger partial charge in [-0.2, -0.15) is 12.8 Å². The Labute approximate surface area is 56.1 Å². The molecule has 0 saturated carbocycles. The lowest BCUT2D eigenvalue weighted by atomic mass is 10.8. The van der Waals surface area contributed by atoms with Gasteiger partial charge in [-0.3, -0.25) is 4.55 Å². The average molecular weight is 165 g/mol. The zero-order valence-corrected chi connectivity index (χ0v) is 5.82. The summed E-state index contributed by atoms with van der Waals surface area (Å²) in [5.41, 5.74) is 0. The first-order valence-corrected chi connectivity index (χ1v) is 4.25. The first-order chi connectivity index (χ1) is 4.11. The predicted octanol–water partition coefficient (Wildman–Crippen LogP) is 0.390. The highest BCUT2D eigenvalue weighted by Gasteiger charge is 2.08. The molecule has 0 unspecified atom stereocenters. The van der Waals surface area contributed by atoms with Gasteiger partial charge in [-0.15, -0.1) is 0 Å². The van der Waals surface area contributed by atoms with Gasteiger partial charge in [0.15, 0.2) is 0 Å². The summed E-state index contributed by atoms with van der Waals surface area (Å²) in [4.78, 5) is -0.146. The number of nitrogens with zero attached hydrogens (tertiary/aromatic N) is 1. The van der Waals surface area contributed by atoms with Gasteiger partial charge in [0.2, 0.25) is 0 Å². The van der Waals surface area contributed by atoms with Crippen LogP contribution < -0.4 is 0 Å². The SMILES string of the molecule is O=S(=O)(O)c1cnsc1. The number of aromatic nitrogens is 1. The van der Waals surface area contributed by atoms with E-state index in [-0.39, 0.29) is 4.90 Å². The fourth-order valence-electron chi connectivity index (χ4n) is 0.323. The van der Waals surface area contributed by atoms with Crippen molar-refractivity contribution in [2.75, 3.05) is 0 Å². The van der Waals surface area contributed by atoms with Crippen molar-refractivity contribution in [3.63, 3.8) is 0 Å². The molecule has 1 heterocycles. The van der Waals surface area contributed by atoms with Crippen LogP contribution in [0.15, 0.2) is 16.5 Å². The van der Waals surface area contributed by atoms with Crippen LogP contribution in [-0.2, 0) is 10.1 Å². The summed E-state index contributed by atoms with van der Waals surface area (Å²) in [5, 5.41) is 1.26. The lowest BCUT2D eigenvalue weighted by Gasteiger charge is -1.83. The molecule has 0 bridgehead atoms. The summed E-state index contributed by atoms with van der Waals surface area (Å²) in [7, 11) is -4.01. The van der Waals surface area contributed by atoms with Gasteiger partial charge in [0, 0.05) is 5.38 Å². The predicted molar refractivity (Wildman–Crippen MR) is 31.9 cm³/mol. The van der Waals surface area contributed by atoms with Crippen LogP contribution >= 0.6 is 11.5 Å². The standard InChI is InChI=1S/C3H3NO3S2/c5-9(6,7)3-1-4-8-2-3/h1-2H,(H,5,6,7). The normalized spacial score (nSPS) is 11.7. The molecule has 0 aromatic carbocycles. The van der Waals surface area contributed by atoms with Crippen molar-refractivity contribution < 1.29 is 13.0 Å². The van der Waals surface area contributed by atoms with Gasteiger partial charge in [-0.1, -0.05) is 0 Å². The monoisotopic (exact) mass is 165 g/mol. The van der Waals surface area contributed by atoms with Gasteiger partial charge >= 0.3 is 0 Å². The van der Waals surface area contributed by atoms with Gasteiger partial charge < -0.3 is 0 Å². The third-order valence-electron chi connectivity index (χ3n) is 0.708. The molecule has 1 rings (SSSR count). The van der Waals surface area contributed by atoms with E-state index < -0.39 is 10.1 Å². The average Bonchev–Trinajstić information content (AvgIpc) is 2.08. The highest BCUT2D eigenvalue weighted by Crippen LogP contribution is 2.07. The topological polar surface area (TPSA) is 67.3 Å². The maximum atomic E-state index is 10.2. The molecule has 4 nitrogen and oxygen atoms in total. The third-order valence-corrected chi connectivity index (χ3v) is 2.26.